The molecule has 0 N–H and O–H groups in total. The maximum absolute atomic E-state index is 11.7. The van der Waals surface area contributed by atoms with Gasteiger partial charge in [-0.2, -0.15) is 4.98 Å². The zero-order valence-corrected chi connectivity index (χ0v) is 13.6. The van der Waals surface area contributed by atoms with E-state index in [9.17, 15) is 8.42 Å². The van der Waals surface area contributed by atoms with E-state index in [2.05, 4.69) is 16.7 Å². The lowest BCUT2D eigenvalue weighted by molar-refractivity contribution is 0.218. The van der Waals surface area contributed by atoms with Crippen molar-refractivity contribution in [1.29, 1.82) is 0 Å². The van der Waals surface area contributed by atoms with Crippen LogP contribution in [0.5, 0.6) is 0 Å². The predicted molar refractivity (Wildman–Crippen MR) is 87.4 cm³/mol. The second kappa shape index (κ2) is 6.64. The molecule has 0 aliphatic carbocycles. The minimum atomic E-state index is -2.93. The molecular formula is C16H19N3O3S. The number of benzene rings is 1. The van der Waals surface area contributed by atoms with Gasteiger partial charge >= 0.3 is 0 Å². The zero-order valence-electron chi connectivity index (χ0n) is 12.8. The Labute approximate surface area is 135 Å². The Hall–Kier alpha value is -1.99. The average molecular weight is 333 g/mol. The zero-order chi connectivity index (χ0) is 16.3. The Kier molecular flexibility index (Phi) is 4.58. The van der Waals surface area contributed by atoms with Gasteiger partial charge in [-0.05, 0) is 18.6 Å². The predicted octanol–water partition coefficient (Wildman–Crippen LogP) is 1.91. The van der Waals surface area contributed by atoms with Crippen LogP contribution in [0.15, 0.2) is 47.5 Å². The van der Waals surface area contributed by atoms with E-state index >= 15 is 0 Å². The van der Waals surface area contributed by atoms with Crippen molar-refractivity contribution in [3.63, 3.8) is 0 Å². The average Bonchev–Trinajstić information content (AvgIpc) is 3.14. The number of aromatic nitrogens is 2. The first-order valence-corrected chi connectivity index (χ1v) is 9.33. The maximum Gasteiger partial charge on any atom is 0.257 e. The van der Waals surface area contributed by atoms with Gasteiger partial charge in [0.1, 0.15) is 0 Å². The Morgan fingerprint density at radius 2 is 2.13 bits per heavy atom. The topological polar surface area (TPSA) is 76.3 Å². The second-order valence-electron chi connectivity index (χ2n) is 5.66. The molecule has 122 valence electrons. The molecule has 1 atom stereocenters. The first kappa shape index (κ1) is 15.9. The van der Waals surface area contributed by atoms with E-state index < -0.39 is 9.84 Å². The SMILES string of the molecule is C=CCN(Cc1noc(-c2ccccc2)n1)[C@H]1CCS(=O)(=O)C1. The standard InChI is InChI=1S/C16H19N3O3S/c1-2-9-19(14-8-10-23(20,21)12-14)11-15-17-16(22-18-15)13-6-4-3-5-7-13/h2-7,14H,1,8-12H2/t14-/m0/s1. The smallest absolute Gasteiger partial charge is 0.257 e. The lowest BCUT2D eigenvalue weighted by Gasteiger charge is -2.24. The first-order valence-electron chi connectivity index (χ1n) is 7.51. The van der Waals surface area contributed by atoms with Crippen LogP contribution >= 0.6 is 0 Å². The summed E-state index contributed by atoms with van der Waals surface area (Å²) in [7, 11) is -2.93. The molecule has 0 amide bonds. The Bertz CT molecular complexity index is 771. The van der Waals surface area contributed by atoms with Crippen LogP contribution in [0.3, 0.4) is 0 Å². The molecule has 6 nitrogen and oxygen atoms in total. The fourth-order valence-corrected chi connectivity index (χ4v) is 4.53. The van der Waals surface area contributed by atoms with Crippen LogP contribution in [0.25, 0.3) is 11.5 Å². The number of hydrogen-bond acceptors (Lipinski definition) is 6. The normalized spacial score (nSPS) is 20.0. The van der Waals surface area contributed by atoms with Crippen molar-refractivity contribution in [2.75, 3.05) is 18.1 Å². The van der Waals surface area contributed by atoms with Crippen LogP contribution in [-0.4, -0.2) is 47.6 Å². The molecule has 7 heteroatoms. The fraction of sp³-hybridized carbons (Fsp3) is 0.375. The van der Waals surface area contributed by atoms with Crippen LogP contribution in [0.1, 0.15) is 12.2 Å². The Morgan fingerprint density at radius 3 is 2.78 bits per heavy atom. The highest BCUT2D eigenvalue weighted by atomic mass is 32.2. The van der Waals surface area contributed by atoms with Gasteiger partial charge in [0.15, 0.2) is 15.7 Å². The molecule has 0 unspecified atom stereocenters. The molecule has 0 spiro atoms. The molecule has 23 heavy (non-hydrogen) atoms. The Morgan fingerprint density at radius 1 is 1.35 bits per heavy atom. The summed E-state index contributed by atoms with van der Waals surface area (Å²) in [6.45, 7) is 4.79. The first-order chi connectivity index (χ1) is 11.1. The Balaban J connectivity index is 1.74. The summed E-state index contributed by atoms with van der Waals surface area (Å²) in [5.74, 6) is 1.45. The van der Waals surface area contributed by atoms with Crippen LogP contribution in [-0.2, 0) is 16.4 Å². The monoisotopic (exact) mass is 333 g/mol. The van der Waals surface area contributed by atoms with Crippen LogP contribution < -0.4 is 0 Å². The van der Waals surface area contributed by atoms with Gasteiger partial charge in [0.25, 0.3) is 5.89 Å². The van der Waals surface area contributed by atoms with Gasteiger partial charge in [0.2, 0.25) is 0 Å². The molecule has 1 saturated heterocycles. The molecule has 2 heterocycles. The van der Waals surface area contributed by atoms with Gasteiger partial charge in [0, 0.05) is 18.2 Å². The van der Waals surface area contributed by atoms with E-state index in [0.717, 1.165) is 5.56 Å². The fourth-order valence-electron chi connectivity index (χ4n) is 2.77. The number of sulfone groups is 1. The molecule has 1 fully saturated rings. The third-order valence-electron chi connectivity index (χ3n) is 3.92. The number of nitrogens with zero attached hydrogens (tertiary/aromatic N) is 3. The van der Waals surface area contributed by atoms with Crippen LogP contribution in [0.2, 0.25) is 0 Å². The summed E-state index contributed by atoms with van der Waals surface area (Å²) in [4.78, 5) is 6.45. The molecule has 1 aromatic carbocycles. The van der Waals surface area contributed by atoms with Crippen LogP contribution in [0, 0.1) is 0 Å². The molecule has 0 saturated carbocycles. The summed E-state index contributed by atoms with van der Waals surface area (Å²) in [5.41, 5.74) is 0.866. The van der Waals surface area contributed by atoms with Crippen molar-refractivity contribution in [2.24, 2.45) is 0 Å². The van der Waals surface area contributed by atoms with E-state index in [4.69, 9.17) is 4.52 Å². The van der Waals surface area contributed by atoms with Crippen molar-refractivity contribution in [1.82, 2.24) is 15.0 Å². The van der Waals surface area contributed by atoms with Gasteiger partial charge < -0.3 is 4.52 Å². The molecule has 1 aromatic heterocycles. The molecular weight excluding hydrogens is 314 g/mol. The highest BCUT2D eigenvalue weighted by Gasteiger charge is 2.32. The van der Waals surface area contributed by atoms with E-state index in [0.29, 0.717) is 31.2 Å². The third kappa shape index (κ3) is 3.86. The summed E-state index contributed by atoms with van der Waals surface area (Å²) in [5, 5.41) is 4.01. The van der Waals surface area contributed by atoms with E-state index in [1.165, 1.54) is 0 Å². The van der Waals surface area contributed by atoms with Gasteiger partial charge in [-0.25, -0.2) is 8.42 Å². The number of rotatable bonds is 6. The molecule has 0 bridgehead atoms. The van der Waals surface area contributed by atoms with Crippen molar-refractivity contribution in [2.45, 2.75) is 19.0 Å². The highest BCUT2D eigenvalue weighted by Crippen LogP contribution is 2.21. The van der Waals surface area contributed by atoms with Crippen molar-refractivity contribution in [3.8, 4) is 11.5 Å². The molecule has 1 aliphatic rings. The summed E-state index contributed by atoms with van der Waals surface area (Å²) in [6, 6.07) is 9.54. The summed E-state index contributed by atoms with van der Waals surface area (Å²) in [6.07, 6.45) is 2.41. The molecule has 2 aromatic rings. The van der Waals surface area contributed by atoms with Gasteiger partial charge in [-0.1, -0.05) is 29.4 Å². The van der Waals surface area contributed by atoms with Crippen molar-refractivity contribution >= 4 is 9.84 Å². The molecule has 3 rings (SSSR count). The molecule has 1 aliphatic heterocycles. The molecule has 0 radical (unpaired) electrons. The lowest BCUT2D eigenvalue weighted by atomic mass is 10.2. The third-order valence-corrected chi connectivity index (χ3v) is 5.67. The van der Waals surface area contributed by atoms with Crippen molar-refractivity contribution < 1.29 is 12.9 Å². The maximum atomic E-state index is 11.7. The lowest BCUT2D eigenvalue weighted by Crippen LogP contribution is -2.36. The van der Waals surface area contributed by atoms with Crippen LogP contribution in [0.4, 0.5) is 0 Å². The second-order valence-corrected chi connectivity index (χ2v) is 7.89. The van der Waals surface area contributed by atoms with Gasteiger partial charge in [-0.3, -0.25) is 4.90 Å². The minimum Gasteiger partial charge on any atom is -0.334 e. The van der Waals surface area contributed by atoms with Gasteiger partial charge in [-0.15, -0.1) is 6.58 Å². The van der Waals surface area contributed by atoms with Crippen molar-refractivity contribution in [3.05, 3.63) is 48.8 Å². The quantitative estimate of drug-likeness (QED) is 0.752. The van der Waals surface area contributed by atoms with E-state index in [-0.39, 0.29) is 17.5 Å². The highest BCUT2D eigenvalue weighted by molar-refractivity contribution is 7.91. The summed E-state index contributed by atoms with van der Waals surface area (Å²) >= 11 is 0. The van der Waals surface area contributed by atoms with E-state index in [1.807, 2.05) is 35.2 Å². The number of hydrogen-bond donors (Lipinski definition) is 0. The van der Waals surface area contributed by atoms with E-state index in [1.54, 1.807) is 6.08 Å². The minimum absolute atomic E-state index is 0.0170. The van der Waals surface area contributed by atoms with Gasteiger partial charge in [0.05, 0.1) is 18.1 Å². The largest absolute Gasteiger partial charge is 0.334 e. The summed E-state index contributed by atoms with van der Waals surface area (Å²) < 4.78 is 28.7.